The Bertz CT molecular complexity index is 229. The van der Waals surface area contributed by atoms with Gasteiger partial charge in [-0.15, -0.1) is 0 Å². The number of piperazine rings is 1. The Morgan fingerprint density at radius 2 is 2.15 bits per heavy atom. The van der Waals surface area contributed by atoms with Gasteiger partial charge in [-0.3, -0.25) is 9.69 Å². The van der Waals surface area contributed by atoms with E-state index in [1.165, 1.54) is 12.0 Å². The third kappa shape index (κ3) is 1.74. The molecule has 1 fully saturated rings. The van der Waals surface area contributed by atoms with Gasteiger partial charge in [0.1, 0.15) is 6.04 Å². The molecule has 1 aliphatic heterocycles. The molecular weight excluding hydrogens is 172 g/mol. The first kappa shape index (κ1) is 9.83. The topological polar surface area (TPSA) is 49.9 Å². The second-order valence-electron chi connectivity index (χ2n) is 3.10. The molecule has 13 heavy (non-hydrogen) atoms. The number of carbonyl (C=O) groups is 2. The molecule has 0 saturated carbocycles. The van der Waals surface area contributed by atoms with E-state index in [0.29, 0.717) is 13.1 Å². The summed E-state index contributed by atoms with van der Waals surface area (Å²) in [6.07, 6.45) is -0.436. The molecule has 1 saturated heterocycles. The highest BCUT2D eigenvalue weighted by molar-refractivity contribution is 5.86. The van der Waals surface area contributed by atoms with Gasteiger partial charge in [0.15, 0.2) is 0 Å². The molecule has 1 heterocycles. The molecule has 2 amide bonds. The lowest BCUT2D eigenvalue weighted by Crippen LogP contribution is -2.56. The first-order valence-corrected chi connectivity index (χ1v) is 4.17. The smallest absolute Gasteiger partial charge is 0.410 e. The fourth-order valence-electron chi connectivity index (χ4n) is 1.38. The van der Waals surface area contributed by atoms with Crippen molar-refractivity contribution in [1.82, 2.24) is 9.80 Å². The number of ether oxygens (including phenoxy) is 1. The maximum absolute atomic E-state index is 11.4. The van der Waals surface area contributed by atoms with Crippen molar-refractivity contribution in [2.45, 2.75) is 13.0 Å². The van der Waals surface area contributed by atoms with Gasteiger partial charge in [0, 0.05) is 20.1 Å². The maximum Gasteiger partial charge on any atom is 0.410 e. The quantitative estimate of drug-likeness (QED) is 0.531. The number of hydrogen-bond acceptors (Lipinski definition) is 3. The summed E-state index contributed by atoms with van der Waals surface area (Å²) in [5.74, 6) is -0.0448. The van der Waals surface area contributed by atoms with E-state index in [1.807, 2.05) is 0 Å². The van der Waals surface area contributed by atoms with Crippen molar-refractivity contribution < 1.29 is 14.3 Å². The molecule has 5 heteroatoms. The Labute approximate surface area is 77.2 Å². The van der Waals surface area contributed by atoms with E-state index in [2.05, 4.69) is 4.74 Å². The largest absolute Gasteiger partial charge is 0.453 e. The number of likely N-dealkylation sites (N-methyl/N-ethyl adjacent to an activating group) is 1. The Morgan fingerprint density at radius 1 is 1.54 bits per heavy atom. The van der Waals surface area contributed by atoms with E-state index in [0.717, 1.165) is 0 Å². The minimum Gasteiger partial charge on any atom is -0.453 e. The number of hydrogen-bond donors (Lipinski definition) is 0. The van der Waals surface area contributed by atoms with Crippen LogP contribution in [0.2, 0.25) is 0 Å². The predicted octanol–water partition coefficient (Wildman–Crippen LogP) is -0.0847. The lowest BCUT2D eigenvalue weighted by atomic mass is 10.2. The highest BCUT2D eigenvalue weighted by Crippen LogP contribution is 2.10. The summed E-state index contributed by atoms with van der Waals surface area (Å²) in [7, 11) is 3.05. The van der Waals surface area contributed by atoms with Gasteiger partial charge in [-0.05, 0) is 6.92 Å². The molecule has 1 aliphatic rings. The average Bonchev–Trinajstić information content (AvgIpc) is 2.13. The zero-order valence-electron chi connectivity index (χ0n) is 8.11. The minimum absolute atomic E-state index is 0.0448. The monoisotopic (exact) mass is 186 g/mol. The average molecular weight is 186 g/mol. The summed E-state index contributed by atoms with van der Waals surface area (Å²) < 4.78 is 4.56. The first-order valence-electron chi connectivity index (χ1n) is 4.17. The lowest BCUT2D eigenvalue weighted by molar-refractivity contribution is -0.138. The van der Waals surface area contributed by atoms with Crippen LogP contribution in [0.4, 0.5) is 4.79 Å². The molecule has 0 aliphatic carbocycles. The van der Waals surface area contributed by atoms with Crippen LogP contribution < -0.4 is 0 Å². The van der Waals surface area contributed by atoms with Crippen LogP contribution in [0.1, 0.15) is 6.92 Å². The number of rotatable bonds is 0. The normalized spacial score (nSPS) is 23.3. The van der Waals surface area contributed by atoms with E-state index < -0.39 is 12.1 Å². The summed E-state index contributed by atoms with van der Waals surface area (Å²) in [4.78, 5) is 25.6. The van der Waals surface area contributed by atoms with Gasteiger partial charge < -0.3 is 9.64 Å². The highest BCUT2D eigenvalue weighted by Gasteiger charge is 2.32. The van der Waals surface area contributed by atoms with Crippen molar-refractivity contribution in [2.75, 3.05) is 27.2 Å². The summed E-state index contributed by atoms with van der Waals surface area (Å²) in [5, 5.41) is 0. The first-order chi connectivity index (χ1) is 6.07. The Kier molecular flexibility index (Phi) is 2.75. The Morgan fingerprint density at radius 3 is 2.69 bits per heavy atom. The van der Waals surface area contributed by atoms with Crippen molar-refractivity contribution >= 4 is 12.0 Å². The molecule has 0 spiro atoms. The van der Waals surface area contributed by atoms with Crippen LogP contribution in [0.15, 0.2) is 0 Å². The van der Waals surface area contributed by atoms with E-state index in [-0.39, 0.29) is 5.91 Å². The molecule has 0 radical (unpaired) electrons. The van der Waals surface area contributed by atoms with Crippen LogP contribution in [-0.2, 0) is 9.53 Å². The fraction of sp³-hybridized carbons (Fsp3) is 0.750. The zero-order chi connectivity index (χ0) is 10.0. The minimum atomic E-state index is -0.436. The van der Waals surface area contributed by atoms with Gasteiger partial charge in [-0.1, -0.05) is 0 Å². The lowest BCUT2D eigenvalue weighted by Gasteiger charge is -2.36. The second-order valence-corrected chi connectivity index (χ2v) is 3.10. The fourth-order valence-corrected chi connectivity index (χ4v) is 1.38. The molecular formula is C8H14N2O3. The van der Waals surface area contributed by atoms with Crippen molar-refractivity contribution in [3.8, 4) is 0 Å². The van der Waals surface area contributed by atoms with E-state index in [1.54, 1.807) is 18.9 Å². The SMILES string of the molecule is COC(=O)N1CCN(C)C(=O)C1C. The van der Waals surface area contributed by atoms with Crippen LogP contribution in [-0.4, -0.2) is 55.1 Å². The van der Waals surface area contributed by atoms with Crippen molar-refractivity contribution in [1.29, 1.82) is 0 Å². The van der Waals surface area contributed by atoms with Crippen LogP contribution in [0.5, 0.6) is 0 Å². The summed E-state index contributed by atoms with van der Waals surface area (Å²) in [6.45, 7) is 2.81. The summed E-state index contributed by atoms with van der Waals surface area (Å²) in [5.41, 5.74) is 0. The molecule has 0 N–H and O–H groups in total. The molecule has 5 nitrogen and oxygen atoms in total. The molecule has 1 unspecified atom stereocenters. The predicted molar refractivity (Wildman–Crippen MR) is 46.2 cm³/mol. The second kappa shape index (κ2) is 3.64. The molecule has 0 bridgehead atoms. The van der Waals surface area contributed by atoms with Crippen molar-refractivity contribution in [3.05, 3.63) is 0 Å². The number of amides is 2. The van der Waals surface area contributed by atoms with E-state index in [4.69, 9.17) is 0 Å². The third-order valence-corrected chi connectivity index (χ3v) is 2.29. The van der Waals surface area contributed by atoms with Gasteiger partial charge in [0.2, 0.25) is 5.91 Å². The number of methoxy groups -OCH3 is 1. The standard InChI is InChI=1S/C8H14N2O3/c1-6-7(11)9(2)4-5-10(6)8(12)13-3/h6H,4-5H2,1-3H3. The number of nitrogens with zero attached hydrogens (tertiary/aromatic N) is 2. The van der Waals surface area contributed by atoms with Crippen LogP contribution in [0.25, 0.3) is 0 Å². The van der Waals surface area contributed by atoms with Gasteiger partial charge in [0.25, 0.3) is 0 Å². The Balaban J connectivity index is 2.69. The Hall–Kier alpha value is -1.26. The maximum atomic E-state index is 11.4. The molecule has 1 rings (SSSR count). The molecule has 0 aromatic heterocycles. The number of carbonyl (C=O) groups excluding carboxylic acids is 2. The summed E-state index contributed by atoms with van der Waals surface area (Å²) in [6, 6.07) is -0.411. The van der Waals surface area contributed by atoms with Crippen LogP contribution in [0.3, 0.4) is 0 Å². The van der Waals surface area contributed by atoms with E-state index in [9.17, 15) is 9.59 Å². The molecule has 74 valence electrons. The zero-order valence-corrected chi connectivity index (χ0v) is 8.11. The van der Waals surface area contributed by atoms with E-state index >= 15 is 0 Å². The highest BCUT2D eigenvalue weighted by atomic mass is 16.5. The molecule has 1 atom stereocenters. The summed E-state index contributed by atoms with van der Waals surface area (Å²) >= 11 is 0. The molecule has 0 aromatic carbocycles. The molecule has 0 aromatic rings. The van der Waals surface area contributed by atoms with Gasteiger partial charge in [-0.25, -0.2) is 4.79 Å². The van der Waals surface area contributed by atoms with Crippen LogP contribution >= 0.6 is 0 Å². The van der Waals surface area contributed by atoms with Crippen LogP contribution in [0, 0.1) is 0 Å². The third-order valence-electron chi connectivity index (χ3n) is 2.29. The van der Waals surface area contributed by atoms with Crippen molar-refractivity contribution in [2.24, 2.45) is 0 Å². The van der Waals surface area contributed by atoms with Crippen molar-refractivity contribution in [3.63, 3.8) is 0 Å². The van der Waals surface area contributed by atoms with Gasteiger partial charge in [-0.2, -0.15) is 0 Å². The van der Waals surface area contributed by atoms with Gasteiger partial charge in [0.05, 0.1) is 7.11 Å². The van der Waals surface area contributed by atoms with Gasteiger partial charge >= 0.3 is 6.09 Å².